The minimum Gasteiger partial charge on any atom is -0.329 e. The standard InChI is InChI=1S/C19H20BrN3O2/c20-14-8-10-15(11-9-14)22-18(24)16-7-4-12-23(16)19(25)17(21)13-5-2-1-3-6-13/h1-3,5-6,8-11,16-17H,4,7,12,21H2,(H,22,24)/t16-,17+/m0/s1. The molecule has 0 aromatic heterocycles. The zero-order chi connectivity index (χ0) is 17.8. The summed E-state index contributed by atoms with van der Waals surface area (Å²) in [6, 6.07) is 15.4. The van der Waals surface area contributed by atoms with Crippen molar-refractivity contribution in [2.24, 2.45) is 5.73 Å². The Hall–Kier alpha value is -2.18. The number of anilines is 1. The van der Waals surface area contributed by atoms with Gasteiger partial charge in [-0.1, -0.05) is 46.3 Å². The van der Waals surface area contributed by atoms with Gasteiger partial charge in [0.1, 0.15) is 12.1 Å². The summed E-state index contributed by atoms with van der Waals surface area (Å²) in [5.41, 5.74) is 7.59. The maximum absolute atomic E-state index is 12.8. The van der Waals surface area contributed by atoms with Crippen LogP contribution in [0.1, 0.15) is 24.4 Å². The van der Waals surface area contributed by atoms with Gasteiger partial charge in [-0.25, -0.2) is 0 Å². The van der Waals surface area contributed by atoms with Crippen LogP contribution < -0.4 is 11.1 Å². The first-order valence-electron chi connectivity index (χ1n) is 8.23. The first-order chi connectivity index (χ1) is 12.1. The van der Waals surface area contributed by atoms with Gasteiger partial charge in [-0.05, 0) is 42.7 Å². The van der Waals surface area contributed by atoms with Gasteiger partial charge in [0.2, 0.25) is 11.8 Å². The summed E-state index contributed by atoms with van der Waals surface area (Å²) in [7, 11) is 0. The van der Waals surface area contributed by atoms with Crippen molar-refractivity contribution in [1.82, 2.24) is 4.90 Å². The molecule has 2 aromatic rings. The van der Waals surface area contributed by atoms with Gasteiger partial charge in [0.25, 0.3) is 0 Å². The van der Waals surface area contributed by atoms with E-state index >= 15 is 0 Å². The molecule has 1 aliphatic heterocycles. The highest BCUT2D eigenvalue weighted by atomic mass is 79.9. The Kier molecular flexibility index (Phi) is 5.50. The lowest BCUT2D eigenvalue weighted by Gasteiger charge is -2.27. The molecule has 0 radical (unpaired) electrons. The highest BCUT2D eigenvalue weighted by Gasteiger charge is 2.36. The number of nitrogens with one attached hydrogen (secondary N) is 1. The van der Waals surface area contributed by atoms with E-state index in [9.17, 15) is 9.59 Å². The Labute approximate surface area is 155 Å². The fourth-order valence-corrected chi connectivity index (χ4v) is 3.31. The number of rotatable bonds is 4. The van der Waals surface area contributed by atoms with Crippen LogP contribution in [0.3, 0.4) is 0 Å². The summed E-state index contributed by atoms with van der Waals surface area (Å²) >= 11 is 3.37. The Bertz CT molecular complexity index is 749. The molecule has 2 atom stereocenters. The van der Waals surface area contributed by atoms with E-state index < -0.39 is 12.1 Å². The molecule has 0 spiro atoms. The largest absolute Gasteiger partial charge is 0.329 e. The van der Waals surface area contributed by atoms with E-state index in [1.54, 1.807) is 4.90 Å². The molecule has 2 aromatic carbocycles. The smallest absolute Gasteiger partial charge is 0.247 e. The van der Waals surface area contributed by atoms with Crippen molar-refractivity contribution < 1.29 is 9.59 Å². The fraction of sp³-hybridized carbons (Fsp3) is 0.263. The number of likely N-dealkylation sites (tertiary alicyclic amines) is 1. The molecule has 0 saturated carbocycles. The monoisotopic (exact) mass is 401 g/mol. The fourth-order valence-electron chi connectivity index (χ4n) is 3.04. The Morgan fingerprint density at radius 2 is 1.80 bits per heavy atom. The average Bonchev–Trinajstić information content (AvgIpc) is 3.13. The maximum Gasteiger partial charge on any atom is 0.247 e. The van der Waals surface area contributed by atoms with Crippen LogP contribution in [0.15, 0.2) is 59.1 Å². The van der Waals surface area contributed by atoms with Crippen molar-refractivity contribution in [2.75, 3.05) is 11.9 Å². The van der Waals surface area contributed by atoms with Crippen LogP contribution in [0.25, 0.3) is 0 Å². The summed E-state index contributed by atoms with van der Waals surface area (Å²) in [5.74, 6) is -0.381. The van der Waals surface area contributed by atoms with E-state index in [1.165, 1.54) is 0 Å². The van der Waals surface area contributed by atoms with Crippen molar-refractivity contribution in [2.45, 2.75) is 24.9 Å². The molecule has 0 bridgehead atoms. The van der Waals surface area contributed by atoms with Gasteiger partial charge in [-0.2, -0.15) is 0 Å². The van der Waals surface area contributed by atoms with E-state index in [1.807, 2.05) is 54.6 Å². The number of halogens is 1. The first-order valence-corrected chi connectivity index (χ1v) is 9.03. The molecule has 1 saturated heterocycles. The Morgan fingerprint density at radius 3 is 2.48 bits per heavy atom. The van der Waals surface area contributed by atoms with Gasteiger partial charge in [-0.3, -0.25) is 9.59 Å². The quantitative estimate of drug-likeness (QED) is 0.826. The molecule has 5 nitrogen and oxygen atoms in total. The van der Waals surface area contributed by atoms with Crippen molar-refractivity contribution in [3.63, 3.8) is 0 Å². The number of amides is 2. The Balaban J connectivity index is 1.70. The minimum absolute atomic E-state index is 0.173. The molecule has 1 aliphatic rings. The molecule has 25 heavy (non-hydrogen) atoms. The number of nitrogens with two attached hydrogens (primary N) is 1. The van der Waals surface area contributed by atoms with Crippen LogP contribution in [0, 0.1) is 0 Å². The van der Waals surface area contributed by atoms with E-state index in [2.05, 4.69) is 21.2 Å². The maximum atomic E-state index is 12.8. The van der Waals surface area contributed by atoms with Crippen molar-refractivity contribution in [3.8, 4) is 0 Å². The highest BCUT2D eigenvalue weighted by molar-refractivity contribution is 9.10. The summed E-state index contributed by atoms with van der Waals surface area (Å²) in [6.45, 7) is 0.553. The number of nitrogens with zero attached hydrogens (tertiary/aromatic N) is 1. The number of carbonyl (C=O) groups is 2. The lowest BCUT2D eigenvalue weighted by molar-refractivity contribution is -0.137. The molecule has 1 heterocycles. The summed E-state index contributed by atoms with van der Waals surface area (Å²) in [4.78, 5) is 27.0. The SMILES string of the molecule is N[C@@H](C(=O)N1CCC[C@H]1C(=O)Nc1ccc(Br)cc1)c1ccccc1. The van der Waals surface area contributed by atoms with E-state index in [4.69, 9.17) is 5.73 Å². The lowest BCUT2D eigenvalue weighted by atomic mass is 10.1. The van der Waals surface area contributed by atoms with E-state index in [-0.39, 0.29) is 11.8 Å². The second-order valence-electron chi connectivity index (χ2n) is 6.07. The van der Waals surface area contributed by atoms with Gasteiger partial charge < -0.3 is 16.0 Å². The summed E-state index contributed by atoms with van der Waals surface area (Å²) in [6.07, 6.45) is 1.45. The second kappa shape index (κ2) is 7.80. The van der Waals surface area contributed by atoms with E-state index in [0.717, 1.165) is 16.5 Å². The van der Waals surface area contributed by atoms with Crippen LogP contribution in [0.4, 0.5) is 5.69 Å². The van der Waals surface area contributed by atoms with Gasteiger partial charge in [-0.15, -0.1) is 0 Å². The molecular formula is C19H20BrN3O2. The molecule has 6 heteroatoms. The van der Waals surface area contributed by atoms with Crippen molar-refractivity contribution >= 4 is 33.4 Å². The first kappa shape index (κ1) is 17.6. The van der Waals surface area contributed by atoms with Crippen LogP contribution in [0.2, 0.25) is 0 Å². The van der Waals surface area contributed by atoms with Gasteiger partial charge in [0.15, 0.2) is 0 Å². The zero-order valence-corrected chi connectivity index (χ0v) is 15.3. The van der Waals surface area contributed by atoms with Gasteiger partial charge in [0, 0.05) is 16.7 Å². The molecule has 3 rings (SSSR count). The summed E-state index contributed by atoms with van der Waals surface area (Å²) in [5, 5.41) is 2.88. The third-order valence-corrected chi connectivity index (χ3v) is 4.90. The highest BCUT2D eigenvalue weighted by Crippen LogP contribution is 2.24. The summed E-state index contributed by atoms with van der Waals surface area (Å²) < 4.78 is 0.942. The van der Waals surface area contributed by atoms with Gasteiger partial charge in [0.05, 0.1) is 0 Å². The molecule has 130 valence electrons. The molecule has 0 unspecified atom stereocenters. The van der Waals surface area contributed by atoms with Crippen LogP contribution in [0.5, 0.6) is 0 Å². The molecular weight excluding hydrogens is 382 g/mol. The van der Waals surface area contributed by atoms with Crippen LogP contribution in [-0.2, 0) is 9.59 Å². The lowest BCUT2D eigenvalue weighted by Crippen LogP contribution is -2.46. The topological polar surface area (TPSA) is 75.4 Å². The Morgan fingerprint density at radius 1 is 1.12 bits per heavy atom. The minimum atomic E-state index is -0.748. The average molecular weight is 402 g/mol. The van der Waals surface area contributed by atoms with Crippen molar-refractivity contribution in [1.29, 1.82) is 0 Å². The van der Waals surface area contributed by atoms with Gasteiger partial charge >= 0.3 is 0 Å². The molecule has 3 N–H and O–H groups in total. The van der Waals surface area contributed by atoms with Crippen LogP contribution >= 0.6 is 15.9 Å². The third kappa shape index (κ3) is 4.08. The number of benzene rings is 2. The normalized spacial score (nSPS) is 18.0. The van der Waals surface area contributed by atoms with Crippen LogP contribution in [-0.4, -0.2) is 29.3 Å². The van der Waals surface area contributed by atoms with E-state index in [0.29, 0.717) is 18.7 Å². The predicted molar refractivity (Wildman–Crippen MR) is 101 cm³/mol. The number of hydrogen-bond donors (Lipinski definition) is 2. The number of hydrogen-bond acceptors (Lipinski definition) is 3. The molecule has 0 aliphatic carbocycles. The predicted octanol–water partition coefficient (Wildman–Crippen LogP) is 3.08. The van der Waals surface area contributed by atoms with Crippen molar-refractivity contribution in [3.05, 3.63) is 64.6 Å². The second-order valence-corrected chi connectivity index (χ2v) is 6.99. The third-order valence-electron chi connectivity index (χ3n) is 4.38. The molecule has 2 amide bonds. The number of carbonyl (C=O) groups excluding carboxylic acids is 2. The zero-order valence-electron chi connectivity index (χ0n) is 13.7. The molecule has 1 fully saturated rings.